The maximum atomic E-state index is 11.9. The Bertz CT molecular complexity index is 413. The lowest BCUT2D eigenvalue weighted by molar-refractivity contribution is -0.173. The molecule has 0 saturated heterocycles. The van der Waals surface area contributed by atoms with Gasteiger partial charge in [0.2, 0.25) is 0 Å². The minimum atomic E-state index is -4.26. The Morgan fingerprint density at radius 2 is 2.05 bits per heavy atom. The summed E-state index contributed by atoms with van der Waals surface area (Å²) in [7, 11) is 0. The molecule has 2 N–H and O–H groups in total. The van der Waals surface area contributed by atoms with Crippen molar-refractivity contribution in [2.45, 2.75) is 43.8 Å². The van der Waals surface area contributed by atoms with Gasteiger partial charge in [-0.05, 0) is 12.8 Å². The Balaban J connectivity index is 1.81. The highest BCUT2D eigenvalue weighted by molar-refractivity contribution is 7.09. The van der Waals surface area contributed by atoms with E-state index in [0.29, 0.717) is 6.42 Å². The Labute approximate surface area is 114 Å². The molecule has 1 saturated carbocycles. The number of hydrogen-bond acceptors (Lipinski definition) is 4. The summed E-state index contributed by atoms with van der Waals surface area (Å²) in [5.74, 6) is 0. The number of aromatic nitrogens is 1. The summed E-state index contributed by atoms with van der Waals surface area (Å²) >= 11 is 1.44. The van der Waals surface area contributed by atoms with Gasteiger partial charge in [-0.15, -0.1) is 11.3 Å². The molecule has 0 radical (unpaired) electrons. The molecular formula is C12H17F3N2OS. The van der Waals surface area contributed by atoms with Crippen molar-refractivity contribution >= 4 is 11.3 Å². The molecule has 108 valence electrons. The molecular weight excluding hydrogens is 277 g/mol. The third kappa shape index (κ3) is 4.15. The highest BCUT2D eigenvalue weighted by atomic mass is 32.1. The van der Waals surface area contributed by atoms with E-state index >= 15 is 0 Å². The molecule has 3 nitrogen and oxygen atoms in total. The van der Waals surface area contributed by atoms with E-state index in [4.69, 9.17) is 5.73 Å². The summed E-state index contributed by atoms with van der Waals surface area (Å²) in [5, 5.41) is 2.71. The average molecular weight is 294 g/mol. The minimum absolute atomic E-state index is 0.0318. The summed E-state index contributed by atoms with van der Waals surface area (Å²) in [5.41, 5.74) is 6.81. The van der Waals surface area contributed by atoms with Gasteiger partial charge in [0.1, 0.15) is 6.61 Å². The van der Waals surface area contributed by atoms with E-state index in [2.05, 4.69) is 9.72 Å². The van der Waals surface area contributed by atoms with Crippen molar-refractivity contribution in [1.82, 2.24) is 4.98 Å². The maximum Gasteiger partial charge on any atom is 0.411 e. The van der Waals surface area contributed by atoms with E-state index in [-0.39, 0.29) is 12.1 Å². The molecule has 0 aliphatic heterocycles. The van der Waals surface area contributed by atoms with Gasteiger partial charge in [-0.2, -0.15) is 13.2 Å². The van der Waals surface area contributed by atoms with Crippen molar-refractivity contribution in [3.8, 4) is 0 Å². The molecule has 1 fully saturated rings. The van der Waals surface area contributed by atoms with Gasteiger partial charge in [-0.1, -0.05) is 12.8 Å². The molecule has 19 heavy (non-hydrogen) atoms. The highest BCUT2D eigenvalue weighted by Crippen LogP contribution is 2.36. The van der Waals surface area contributed by atoms with Crippen LogP contribution in [0.15, 0.2) is 5.38 Å². The number of thiazole rings is 1. The van der Waals surface area contributed by atoms with Crippen LogP contribution >= 0.6 is 11.3 Å². The largest absolute Gasteiger partial charge is 0.411 e. The van der Waals surface area contributed by atoms with E-state index in [1.807, 2.05) is 5.38 Å². The van der Waals surface area contributed by atoms with Crippen molar-refractivity contribution < 1.29 is 17.9 Å². The van der Waals surface area contributed by atoms with Crippen LogP contribution in [0.1, 0.15) is 36.4 Å². The van der Waals surface area contributed by atoms with Crippen molar-refractivity contribution in [2.75, 3.05) is 13.2 Å². The molecule has 0 unspecified atom stereocenters. The fourth-order valence-corrected chi connectivity index (χ4v) is 3.15. The SMILES string of the molecule is NC1(c2csc(CCOCC(F)(F)F)n2)CCCC1. The van der Waals surface area contributed by atoms with E-state index in [1.54, 1.807) is 0 Å². The quantitative estimate of drug-likeness (QED) is 0.849. The second-order valence-corrected chi connectivity index (χ2v) is 5.85. The van der Waals surface area contributed by atoms with Crippen LogP contribution < -0.4 is 5.73 Å². The number of ether oxygens (including phenoxy) is 1. The standard InChI is InChI=1S/C12H17F3N2OS/c13-12(14,15)8-18-6-3-10-17-9(7-19-10)11(16)4-1-2-5-11/h7H,1-6,8,16H2. The first kappa shape index (κ1) is 14.7. The summed E-state index contributed by atoms with van der Waals surface area (Å²) in [6.45, 7) is -1.17. The molecule has 1 aromatic rings. The van der Waals surface area contributed by atoms with Gasteiger partial charge in [0.05, 0.1) is 22.8 Å². The molecule has 1 aliphatic rings. The second-order valence-electron chi connectivity index (χ2n) is 4.91. The number of halogens is 3. The lowest BCUT2D eigenvalue weighted by Crippen LogP contribution is -2.33. The number of nitrogens with zero attached hydrogens (tertiary/aromatic N) is 1. The second kappa shape index (κ2) is 5.76. The first-order valence-electron chi connectivity index (χ1n) is 6.27. The summed E-state index contributed by atoms with van der Waals surface area (Å²) in [4.78, 5) is 4.43. The van der Waals surface area contributed by atoms with Gasteiger partial charge in [0.15, 0.2) is 0 Å². The van der Waals surface area contributed by atoms with Crippen LogP contribution in [-0.2, 0) is 16.7 Å². The Morgan fingerprint density at radius 3 is 2.68 bits per heavy atom. The van der Waals surface area contributed by atoms with Crippen LogP contribution in [-0.4, -0.2) is 24.4 Å². The van der Waals surface area contributed by atoms with Gasteiger partial charge in [0.25, 0.3) is 0 Å². The normalized spacial score (nSPS) is 18.9. The van der Waals surface area contributed by atoms with Gasteiger partial charge in [-0.3, -0.25) is 0 Å². The Hall–Kier alpha value is -0.660. The summed E-state index contributed by atoms with van der Waals surface area (Å²) in [6, 6.07) is 0. The lowest BCUT2D eigenvalue weighted by Gasteiger charge is -2.20. The molecule has 1 aromatic heterocycles. The monoisotopic (exact) mass is 294 g/mol. The topological polar surface area (TPSA) is 48.1 Å². The molecule has 2 rings (SSSR count). The molecule has 0 bridgehead atoms. The number of nitrogens with two attached hydrogens (primary N) is 1. The predicted octanol–water partition coefficient (Wildman–Crippen LogP) is 2.99. The van der Waals surface area contributed by atoms with Crippen molar-refractivity contribution in [3.05, 3.63) is 16.1 Å². The van der Waals surface area contributed by atoms with Crippen LogP contribution in [0.4, 0.5) is 13.2 Å². The van der Waals surface area contributed by atoms with E-state index in [9.17, 15) is 13.2 Å². The fraction of sp³-hybridized carbons (Fsp3) is 0.750. The van der Waals surface area contributed by atoms with Crippen LogP contribution in [0.25, 0.3) is 0 Å². The van der Waals surface area contributed by atoms with Crippen LogP contribution in [0.2, 0.25) is 0 Å². The number of rotatable bonds is 5. The fourth-order valence-electron chi connectivity index (χ4n) is 2.26. The van der Waals surface area contributed by atoms with Gasteiger partial charge in [-0.25, -0.2) is 4.98 Å². The van der Waals surface area contributed by atoms with Crippen LogP contribution in [0.3, 0.4) is 0 Å². The van der Waals surface area contributed by atoms with E-state index in [0.717, 1.165) is 36.4 Å². The highest BCUT2D eigenvalue weighted by Gasteiger charge is 2.33. The molecule has 0 amide bonds. The van der Waals surface area contributed by atoms with E-state index < -0.39 is 12.8 Å². The van der Waals surface area contributed by atoms with Crippen LogP contribution in [0, 0.1) is 0 Å². The molecule has 1 aliphatic carbocycles. The zero-order valence-electron chi connectivity index (χ0n) is 10.5. The summed E-state index contributed by atoms with van der Waals surface area (Å²) in [6.07, 6.45) is 0.216. The zero-order valence-corrected chi connectivity index (χ0v) is 11.3. The Morgan fingerprint density at radius 1 is 1.37 bits per heavy atom. The summed E-state index contributed by atoms with van der Waals surface area (Å²) < 4.78 is 40.2. The van der Waals surface area contributed by atoms with Crippen LogP contribution in [0.5, 0.6) is 0 Å². The first-order valence-corrected chi connectivity index (χ1v) is 7.15. The molecule has 0 aromatic carbocycles. The number of hydrogen-bond donors (Lipinski definition) is 1. The lowest BCUT2D eigenvalue weighted by atomic mass is 9.96. The third-order valence-corrected chi connectivity index (χ3v) is 4.19. The molecule has 0 spiro atoms. The van der Waals surface area contributed by atoms with Gasteiger partial charge in [0, 0.05) is 11.8 Å². The molecule has 7 heteroatoms. The van der Waals surface area contributed by atoms with Gasteiger partial charge >= 0.3 is 6.18 Å². The van der Waals surface area contributed by atoms with Gasteiger partial charge < -0.3 is 10.5 Å². The van der Waals surface area contributed by atoms with Crippen molar-refractivity contribution in [1.29, 1.82) is 0 Å². The zero-order chi connectivity index (χ0) is 13.9. The molecule has 0 atom stereocenters. The molecule has 1 heterocycles. The van der Waals surface area contributed by atoms with Crippen molar-refractivity contribution in [3.63, 3.8) is 0 Å². The van der Waals surface area contributed by atoms with E-state index in [1.165, 1.54) is 11.3 Å². The minimum Gasteiger partial charge on any atom is -0.372 e. The average Bonchev–Trinajstić information content (AvgIpc) is 2.93. The smallest absolute Gasteiger partial charge is 0.372 e. The Kier molecular flexibility index (Phi) is 4.47. The van der Waals surface area contributed by atoms with Crippen molar-refractivity contribution in [2.24, 2.45) is 5.73 Å². The predicted molar refractivity (Wildman–Crippen MR) is 67.0 cm³/mol. The number of alkyl halides is 3. The third-order valence-electron chi connectivity index (χ3n) is 3.28. The first-order chi connectivity index (χ1) is 8.89. The maximum absolute atomic E-state index is 11.9.